The minimum atomic E-state index is -1.10. The van der Waals surface area contributed by atoms with Gasteiger partial charge in [-0.1, -0.05) is 24.3 Å². The Balaban J connectivity index is 1.70. The molecule has 0 spiro atoms. The third kappa shape index (κ3) is 2.76. The number of carbonyl (C=O) groups is 2. The van der Waals surface area contributed by atoms with Crippen LogP contribution in [0.3, 0.4) is 0 Å². The summed E-state index contributed by atoms with van der Waals surface area (Å²) < 4.78 is 1.97. The molecule has 3 aromatic rings. The van der Waals surface area contributed by atoms with Gasteiger partial charge < -0.3 is 15.0 Å². The van der Waals surface area contributed by atoms with Crippen LogP contribution in [0.4, 0.5) is 0 Å². The van der Waals surface area contributed by atoms with E-state index < -0.39 is 11.5 Å². The van der Waals surface area contributed by atoms with Gasteiger partial charge in [0.1, 0.15) is 5.54 Å². The van der Waals surface area contributed by atoms with Crippen molar-refractivity contribution in [3.8, 4) is 0 Å². The maximum atomic E-state index is 12.7. The van der Waals surface area contributed by atoms with Crippen molar-refractivity contribution < 1.29 is 14.7 Å². The molecule has 1 aliphatic carbocycles. The molecule has 2 heterocycles. The van der Waals surface area contributed by atoms with Gasteiger partial charge in [-0.15, -0.1) is 0 Å². The lowest BCUT2D eigenvalue weighted by atomic mass is 10.1. The molecule has 0 unspecified atom stereocenters. The number of carboxylic acids is 1. The van der Waals surface area contributed by atoms with Gasteiger partial charge in [0.05, 0.1) is 17.8 Å². The predicted molar refractivity (Wildman–Crippen MR) is 92.3 cm³/mol. The maximum Gasteiger partial charge on any atom is 0.329 e. The first-order chi connectivity index (χ1) is 12.1. The fourth-order valence-electron chi connectivity index (χ4n) is 3.03. The van der Waals surface area contributed by atoms with Gasteiger partial charge in [-0.3, -0.25) is 9.78 Å². The average molecular weight is 335 g/mol. The Kier molecular flexibility index (Phi) is 3.53. The topological polar surface area (TPSA) is 84.2 Å². The number of amides is 1. The molecule has 1 saturated carbocycles. The first-order valence-electron chi connectivity index (χ1n) is 8.13. The Morgan fingerprint density at radius 2 is 1.92 bits per heavy atom. The zero-order valence-electron chi connectivity index (χ0n) is 13.5. The van der Waals surface area contributed by atoms with Crippen molar-refractivity contribution in [1.82, 2.24) is 14.9 Å². The van der Waals surface area contributed by atoms with E-state index in [0.29, 0.717) is 24.9 Å². The molecule has 0 aliphatic heterocycles. The number of fused-ring (bicyclic) bond motifs is 1. The summed E-state index contributed by atoms with van der Waals surface area (Å²) in [5.74, 6) is -1.33. The number of benzene rings is 1. The van der Waals surface area contributed by atoms with E-state index in [-0.39, 0.29) is 5.91 Å². The van der Waals surface area contributed by atoms with Crippen molar-refractivity contribution in [3.63, 3.8) is 0 Å². The second-order valence-electron chi connectivity index (χ2n) is 6.35. The van der Waals surface area contributed by atoms with Gasteiger partial charge >= 0.3 is 5.97 Å². The highest BCUT2D eigenvalue weighted by Crippen LogP contribution is 2.36. The second kappa shape index (κ2) is 5.73. The van der Waals surface area contributed by atoms with Crippen molar-refractivity contribution in [2.24, 2.45) is 0 Å². The zero-order chi connectivity index (χ0) is 17.4. The molecule has 6 nitrogen and oxygen atoms in total. The Hall–Kier alpha value is -3.15. The number of nitrogens with zero attached hydrogens (tertiary/aromatic N) is 2. The molecule has 6 heteroatoms. The van der Waals surface area contributed by atoms with Crippen molar-refractivity contribution in [3.05, 3.63) is 66.1 Å². The number of rotatable bonds is 5. The number of hydrogen-bond donors (Lipinski definition) is 2. The molecular weight excluding hydrogens is 318 g/mol. The molecular formula is C19H17N3O3. The fourth-order valence-corrected chi connectivity index (χ4v) is 3.03. The third-order valence-corrected chi connectivity index (χ3v) is 4.60. The molecule has 126 valence electrons. The lowest BCUT2D eigenvalue weighted by molar-refractivity contribution is -0.140. The highest BCUT2D eigenvalue weighted by molar-refractivity contribution is 6.08. The molecule has 1 aromatic carbocycles. The quantitative estimate of drug-likeness (QED) is 0.750. The summed E-state index contributed by atoms with van der Waals surface area (Å²) in [6.07, 6.45) is 4.45. The fraction of sp³-hybridized carbons (Fsp3) is 0.211. The molecule has 1 fully saturated rings. The first-order valence-corrected chi connectivity index (χ1v) is 8.13. The van der Waals surface area contributed by atoms with Crippen LogP contribution in [-0.2, 0) is 11.3 Å². The second-order valence-corrected chi connectivity index (χ2v) is 6.35. The average Bonchev–Trinajstić information content (AvgIpc) is 3.32. The smallest absolute Gasteiger partial charge is 0.329 e. The SMILES string of the molecule is O=C(NC1(C(=O)O)CC1)c1cn(Cc2ccccn2)c2ccccc12. The summed E-state index contributed by atoms with van der Waals surface area (Å²) >= 11 is 0. The molecule has 0 saturated heterocycles. The lowest BCUT2D eigenvalue weighted by Gasteiger charge is -2.11. The number of nitrogens with one attached hydrogen (secondary N) is 1. The van der Waals surface area contributed by atoms with Crippen LogP contribution in [0, 0.1) is 0 Å². The lowest BCUT2D eigenvalue weighted by Crippen LogP contribution is -2.43. The maximum absolute atomic E-state index is 12.7. The van der Waals surface area contributed by atoms with Crippen molar-refractivity contribution in [2.75, 3.05) is 0 Å². The van der Waals surface area contributed by atoms with Gasteiger partial charge in [0.25, 0.3) is 5.91 Å². The molecule has 2 aromatic heterocycles. The number of aromatic nitrogens is 2. The Morgan fingerprint density at radius 3 is 2.60 bits per heavy atom. The van der Waals surface area contributed by atoms with Crippen LogP contribution in [0.2, 0.25) is 0 Å². The van der Waals surface area contributed by atoms with E-state index in [2.05, 4.69) is 10.3 Å². The van der Waals surface area contributed by atoms with Gasteiger partial charge in [0.15, 0.2) is 0 Å². The molecule has 1 aliphatic rings. The van der Waals surface area contributed by atoms with Crippen LogP contribution in [0.5, 0.6) is 0 Å². The third-order valence-electron chi connectivity index (χ3n) is 4.60. The normalized spacial score (nSPS) is 15.0. The standard InChI is InChI=1S/C19H17N3O3/c23-17(21-19(8-9-19)18(24)25)15-12-22(11-13-5-3-4-10-20-13)16-7-2-1-6-14(15)16/h1-7,10,12H,8-9,11H2,(H,21,23)(H,24,25). The molecule has 4 rings (SSSR count). The van der Waals surface area contributed by atoms with Crippen LogP contribution >= 0.6 is 0 Å². The number of pyridine rings is 1. The molecule has 1 amide bonds. The minimum Gasteiger partial charge on any atom is -0.480 e. The predicted octanol–water partition coefficient (Wildman–Crippen LogP) is 2.43. The van der Waals surface area contributed by atoms with Gasteiger partial charge in [0, 0.05) is 23.3 Å². The van der Waals surface area contributed by atoms with E-state index in [1.54, 1.807) is 12.4 Å². The summed E-state index contributed by atoms with van der Waals surface area (Å²) in [5.41, 5.74) is 1.19. The summed E-state index contributed by atoms with van der Waals surface area (Å²) in [6, 6.07) is 13.3. The molecule has 0 atom stereocenters. The van der Waals surface area contributed by atoms with Crippen LogP contribution in [0.1, 0.15) is 28.9 Å². The number of carboxylic acid groups (broad SMARTS) is 1. The van der Waals surface area contributed by atoms with E-state index in [1.807, 2.05) is 47.0 Å². The number of carbonyl (C=O) groups excluding carboxylic acids is 1. The van der Waals surface area contributed by atoms with Gasteiger partial charge in [-0.05, 0) is 31.0 Å². The number of hydrogen-bond acceptors (Lipinski definition) is 3. The van der Waals surface area contributed by atoms with Crippen LogP contribution in [0.25, 0.3) is 10.9 Å². The van der Waals surface area contributed by atoms with Crippen LogP contribution in [0.15, 0.2) is 54.9 Å². The minimum absolute atomic E-state index is 0.351. The van der Waals surface area contributed by atoms with Gasteiger partial charge in [0.2, 0.25) is 0 Å². The van der Waals surface area contributed by atoms with E-state index in [1.165, 1.54) is 0 Å². The molecule has 0 bridgehead atoms. The highest BCUT2D eigenvalue weighted by atomic mass is 16.4. The van der Waals surface area contributed by atoms with Gasteiger partial charge in [-0.25, -0.2) is 4.79 Å². The molecule has 25 heavy (non-hydrogen) atoms. The Labute approximate surface area is 144 Å². The Morgan fingerprint density at radius 1 is 1.16 bits per heavy atom. The van der Waals surface area contributed by atoms with Crippen LogP contribution < -0.4 is 5.32 Å². The van der Waals surface area contributed by atoms with E-state index in [0.717, 1.165) is 16.6 Å². The van der Waals surface area contributed by atoms with Gasteiger partial charge in [-0.2, -0.15) is 0 Å². The number of aliphatic carboxylic acids is 1. The largest absolute Gasteiger partial charge is 0.480 e. The summed E-state index contributed by atoms with van der Waals surface area (Å²) in [5, 5.41) is 12.8. The van der Waals surface area contributed by atoms with Crippen molar-refractivity contribution >= 4 is 22.8 Å². The summed E-state index contributed by atoms with van der Waals surface area (Å²) in [4.78, 5) is 28.3. The van der Waals surface area contributed by atoms with E-state index in [4.69, 9.17) is 0 Å². The summed E-state index contributed by atoms with van der Waals surface area (Å²) in [6.45, 7) is 0.540. The van der Waals surface area contributed by atoms with E-state index >= 15 is 0 Å². The molecule has 2 N–H and O–H groups in total. The molecule has 0 radical (unpaired) electrons. The van der Waals surface area contributed by atoms with Crippen molar-refractivity contribution in [1.29, 1.82) is 0 Å². The first kappa shape index (κ1) is 15.4. The zero-order valence-corrected chi connectivity index (χ0v) is 13.5. The van der Waals surface area contributed by atoms with Crippen molar-refractivity contribution in [2.45, 2.75) is 24.9 Å². The van der Waals surface area contributed by atoms with Crippen LogP contribution in [-0.4, -0.2) is 32.1 Å². The number of para-hydroxylation sites is 1. The Bertz CT molecular complexity index is 958. The summed E-state index contributed by atoms with van der Waals surface area (Å²) in [7, 11) is 0. The highest BCUT2D eigenvalue weighted by Gasteiger charge is 2.51. The van der Waals surface area contributed by atoms with E-state index in [9.17, 15) is 14.7 Å². The monoisotopic (exact) mass is 335 g/mol.